The molecule has 0 aromatic carbocycles. The minimum Gasteiger partial charge on any atom is -0.342 e. The summed E-state index contributed by atoms with van der Waals surface area (Å²) in [5.74, 6) is 1.16. The second kappa shape index (κ2) is 7.34. The predicted molar refractivity (Wildman–Crippen MR) is 90.0 cm³/mol. The zero-order valence-electron chi connectivity index (χ0n) is 14.6. The Morgan fingerprint density at radius 1 is 1.29 bits per heavy atom. The number of aromatic nitrogens is 2. The lowest BCUT2D eigenvalue weighted by molar-refractivity contribution is -0.135. The second-order valence-corrected chi connectivity index (χ2v) is 6.74. The highest BCUT2D eigenvalue weighted by Crippen LogP contribution is 2.21. The summed E-state index contributed by atoms with van der Waals surface area (Å²) >= 11 is 0. The highest BCUT2D eigenvalue weighted by Gasteiger charge is 2.36. The van der Waals surface area contributed by atoms with Gasteiger partial charge in [-0.1, -0.05) is 0 Å². The SMILES string of the molecule is CCN1CC(C(=O)N2CCCN(Cc3nccn3C)CC2)CC1=O. The Balaban J connectivity index is 1.54. The van der Waals surface area contributed by atoms with Gasteiger partial charge in [-0.25, -0.2) is 4.98 Å². The average Bonchev–Trinajstić information content (AvgIpc) is 3.06. The summed E-state index contributed by atoms with van der Waals surface area (Å²) in [5.41, 5.74) is 0. The van der Waals surface area contributed by atoms with Crippen molar-refractivity contribution in [1.82, 2.24) is 24.3 Å². The molecule has 0 saturated carbocycles. The van der Waals surface area contributed by atoms with Crippen LogP contribution < -0.4 is 0 Å². The van der Waals surface area contributed by atoms with Crippen molar-refractivity contribution in [3.63, 3.8) is 0 Å². The van der Waals surface area contributed by atoms with E-state index >= 15 is 0 Å². The van der Waals surface area contributed by atoms with Crippen LogP contribution in [0.25, 0.3) is 0 Å². The van der Waals surface area contributed by atoms with Crippen molar-refractivity contribution in [2.45, 2.75) is 26.3 Å². The predicted octanol–water partition coefficient (Wildman–Crippen LogP) is 0.323. The van der Waals surface area contributed by atoms with Crippen molar-refractivity contribution < 1.29 is 9.59 Å². The number of hydrogen-bond acceptors (Lipinski definition) is 4. The Morgan fingerprint density at radius 2 is 2.12 bits per heavy atom. The maximum atomic E-state index is 12.8. The van der Waals surface area contributed by atoms with Crippen LogP contribution in [0.3, 0.4) is 0 Å². The van der Waals surface area contributed by atoms with Gasteiger partial charge in [0.15, 0.2) is 0 Å². The third-order valence-electron chi connectivity index (χ3n) is 5.13. The molecule has 2 amide bonds. The van der Waals surface area contributed by atoms with E-state index in [0.29, 0.717) is 19.5 Å². The van der Waals surface area contributed by atoms with Gasteiger partial charge in [-0.2, -0.15) is 0 Å². The first kappa shape index (κ1) is 17.0. The molecule has 1 aromatic heterocycles. The molecule has 0 N–H and O–H groups in total. The Hall–Kier alpha value is -1.89. The molecule has 2 aliphatic rings. The van der Waals surface area contributed by atoms with E-state index in [1.165, 1.54) is 0 Å². The van der Waals surface area contributed by atoms with E-state index in [0.717, 1.165) is 45.0 Å². The number of hydrogen-bond donors (Lipinski definition) is 0. The first-order valence-electron chi connectivity index (χ1n) is 8.83. The van der Waals surface area contributed by atoms with Gasteiger partial charge in [0.2, 0.25) is 11.8 Å². The zero-order chi connectivity index (χ0) is 17.1. The number of likely N-dealkylation sites (tertiary alicyclic amines) is 1. The lowest BCUT2D eigenvalue weighted by atomic mass is 10.1. The molecule has 0 bridgehead atoms. The van der Waals surface area contributed by atoms with Gasteiger partial charge in [0.1, 0.15) is 5.82 Å². The largest absolute Gasteiger partial charge is 0.342 e. The number of rotatable bonds is 4. The fourth-order valence-corrected chi connectivity index (χ4v) is 3.60. The van der Waals surface area contributed by atoms with Crippen LogP contribution in [0.5, 0.6) is 0 Å². The topological polar surface area (TPSA) is 61.7 Å². The maximum Gasteiger partial charge on any atom is 0.228 e. The number of carbonyl (C=O) groups is 2. The lowest BCUT2D eigenvalue weighted by Crippen LogP contribution is -2.40. The van der Waals surface area contributed by atoms with Gasteiger partial charge in [-0.15, -0.1) is 0 Å². The van der Waals surface area contributed by atoms with Crippen LogP contribution in [-0.2, 0) is 23.2 Å². The molecule has 0 spiro atoms. The van der Waals surface area contributed by atoms with Crippen LogP contribution in [0.2, 0.25) is 0 Å². The molecule has 7 nitrogen and oxygen atoms in total. The number of nitrogens with zero attached hydrogens (tertiary/aromatic N) is 5. The van der Waals surface area contributed by atoms with Crippen molar-refractivity contribution in [2.24, 2.45) is 13.0 Å². The Kier molecular flexibility index (Phi) is 5.18. The van der Waals surface area contributed by atoms with Gasteiger partial charge < -0.3 is 14.4 Å². The van der Waals surface area contributed by atoms with Gasteiger partial charge in [-0.3, -0.25) is 14.5 Å². The Bertz CT molecular complexity index is 600. The van der Waals surface area contributed by atoms with Crippen molar-refractivity contribution >= 4 is 11.8 Å². The molecule has 2 fully saturated rings. The Morgan fingerprint density at radius 3 is 2.79 bits per heavy atom. The standard InChI is InChI=1S/C17H27N5O2/c1-3-21-12-14(11-16(21)23)17(24)22-7-4-6-20(9-10-22)13-15-18-5-8-19(15)2/h5,8,14H,3-4,6-7,9-13H2,1-2H3. The molecule has 2 aliphatic heterocycles. The van der Waals surface area contributed by atoms with Crippen molar-refractivity contribution in [1.29, 1.82) is 0 Å². The van der Waals surface area contributed by atoms with E-state index in [1.54, 1.807) is 4.90 Å². The molecule has 1 unspecified atom stereocenters. The monoisotopic (exact) mass is 333 g/mol. The first-order chi connectivity index (χ1) is 11.6. The first-order valence-corrected chi connectivity index (χ1v) is 8.83. The van der Waals surface area contributed by atoms with Crippen LogP contribution in [0, 0.1) is 5.92 Å². The summed E-state index contributed by atoms with van der Waals surface area (Å²) in [7, 11) is 2.01. The molecular formula is C17H27N5O2. The highest BCUT2D eigenvalue weighted by atomic mass is 16.2. The molecule has 0 aliphatic carbocycles. The van der Waals surface area contributed by atoms with Crippen molar-refractivity contribution in [3.8, 4) is 0 Å². The van der Waals surface area contributed by atoms with E-state index < -0.39 is 0 Å². The summed E-state index contributed by atoms with van der Waals surface area (Å²) in [6.45, 7) is 7.41. The fraction of sp³-hybridized carbons (Fsp3) is 0.706. The number of imidazole rings is 1. The molecule has 1 atom stereocenters. The Labute approximate surface area is 143 Å². The minimum atomic E-state index is -0.154. The van der Waals surface area contributed by atoms with Gasteiger partial charge in [0.25, 0.3) is 0 Å². The molecule has 1 aromatic rings. The molecule has 24 heavy (non-hydrogen) atoms. The second-order valence-electron chi connectivity index (χ2n) is 6.74. The van der Waals surface area contributed by atoms with Crippen LogP contribution in [0.15, 0.2) is 12.4 Å². The molecule has 0 radical (unpaired) electrons. The van der Waals surface area contributed by atoms with Gasteiger partial charge >= 0.3 is 0 Å². The number of amides is 2. The van der Waals surface area contributed by atoms with Crippen molar-refractivity contribution in [2.75, 3.05) is 39.3 Å². The van der Waals surface area contributed by atoms with E-state index in [4.69, 9.17) is 0 Å². The third-order valence-corrected chi connectivity index (χ3v) is 5.13. The molecule has 3 rings (SSSR count). The number of carbonyl (C=O) groups excluding carboxylic acids is 2. The van der Waals surface area contributed by atoms with Crippen LogP contribution in [0.1, 0.15) is 25.6 Å². The lowest BCUT2D eigenvalue weighted by Gasteiger charge is -2.24. The van der Waals surface area contributed by atoms with E-state index in [1.807, 2.05) is 35.8 Å². The van der Waals surface area contributed by atoms with E-state index in [9.17, 15) is 9.59 Å². The van der Waals surface area contributed by atoms with Gasteiger partial charge in [0, 0.05) is 65.1 Å². The summed E-state index contributed by atoms with van der Waals surface area (Å²) in [6, 6.07) is 0. The van der Waals surface area contributed by atoms with E-state index in [-0.39, 0.29) is 17.7 Å². The summed E-state index contributed by atoms with van der Waals surface area (Å²) in [4.78, 5) is 35.1. The molecule has 132 valence electrons. The third kappa shape index (κ3) is 3.61. The van der Waals surface area contributed by atoms with Gasteiger partial charge in [-0.05, 0) is 13.3 Å². The van der Waals surface area contributed by atoms with E-state index in [2.05, 4.69) is 9.88 Å². The molecule has 3 heterocycles. The van der Waals surface area contributed by atoms with Gasteiger partial charge in [0.05, 0.1) is 12.5 Å². The minimum absolute atomic E-state index is 0.113. The smallest absolute Gasteiger partial charge is 0.228 e. The van der Waals surface area contributed by atoms with Crippen LogP contribution in [0.4, 0.5) is 0 Å². The summed E-state index contributed by atoms with van der Waals surface area (Å²) in [6.07, 6.45) is 5.12. The maximum absolute atomic E-state index is 12.8. The molecule has 7 heteroatoms. The average molecular weight is 333 g/mol. The molecular weight excluding hydrogens is 306 g/mol. The van der Waals surface area contributed by atoms with Crippen molar-refractivity contribution in [3.05, 3.63) is 18.2 Å². The number of aryl methyl sites for hydroxylation is 1. The summed E-state index contributed by atoms with van der Waals surface area (Å²) in [5, 5.41) is 0. The quantitative estimate of drug-likeness (QED) is 0.796. The fourth-order valence-electron chi connectivity index (χ4n) is 3.60. The zero-order valence-corrected chi connectivity index (χ0v) is 14.6. The molecule has 2 saturated heterocycles. The van der Waals surface area contributed by atoms with Crippen LogP contribution in [-0.4, -0.2) is 75.3 Å². The highest BCUT2D eigenvalue weighted by molar-refractivity contribution is 5.89. The normalized spacial score (nSPS) is 22.9. The van der Waals surface area contributed by atoms with Crippen LogP contribution >= 0.6 is 0 Å². The summed E-state index contributed by atoms with van der Waals surface area (Å²) < 4.78 is 2.04.